The highest BCUT2D eigenvalue weighted by Gasteiger charge is 2.29. The maximum Gasteiger partial charge on any atom is 0.349 e. The van der Waals surface area contributed by atoms with E-state index in [1.807, 2.05) is 52.8 Å². The number of anilines is 1. The molecule has 2 aromatic rings. The second kappa shape index (κ2) is 8.69. The number of hydrogen-bond donors (Lipinski definition) is 1. The molecule has 118 valence electrons. The van der Waals surface area contributed by atoms with Crippen LogP contribution in [-0.4, -0.2) is 22.3 Å². The van der Waals surface area contributed by atoms with Gasteiger partial charge in [0.1, 0.15) is 0 Å². The Morgan fingerprint density at radius 3 is 2.43 bits per heavy atom. The SMILES string of the molecule is CC.CC.CC1=Nc2cc(-c3ccnc(N)n3)ccc2B1C#N. The number of nitrogens with two attached hydrogens (primary N) is 1. The summed E-state index contributed by atoms with van der Waals surface area (Å²) in [5, 5.41) is 9.14. The molecule has 2 N–H and O–H groups in total. The fraction of sp³-hybridized carbons (Fsp3) is 0.294. The van der Waals surface area contributed by atoms with E-state index in [0.717, 1.165) is 28.0 Å². The van der Waals surface area contributed by atoms with E-state index in [1.165, 1.54) is 0 Å². The molecule has 0 atom stereocenters. The van der Waals surface area contributed by atoms with Gasteiger partial charge < -0.3 is 5.73 Å². The van der Waals surface area contributed by atoms with Crippen molar-refractivity contribution in [1.82, 2.24) is 9.97 Å². The molecule has 2 heterocycles. The van der Waals surface area contributed by atoms with E-state index in [1.54, 1.807) is 12.3 Å². The Labute approximate surface area is 138 Å². The van der Waals surface area contributed by atoms with E-state index >= 15 is 0 Å². The summed E-state index contributed by atoms with van der Waals surface area (Å²) >= 11 is 0. The molecule has 23 heavy (non-hydrogen) atoms. The van der Waals surface area contributed by atoms with Crippen LogP contribution in [0.1, 0.15) is 34.6 Å². The molecule has 5 nitrogen and oxygen atoms in total. The lowest BCUT2D eigenvalue weighted by molar-refractivity contribution is 1.19. The second-order valence-electron chi connectivity index (χ2n) is 4.39. The maximum absolute atomic E-state index is 9.14. The molecular weight excluding hydrogens is 285 g/mol. The van der Waals surface area contributed by atoms with E-state index in [0.29, 0.717) is 0 Å². The van der Waals surface area contributed by atoms with Crippen molar-refractivity contribution < 1.29 is 0 Å². The van der Waals surface area contributed by atoms with E-state index < -0.39 is 0 Å². The molecular formula is C17H22BN5. The first-order valence-electron chi connectivity index (χ1n) is 7.86. The van der Waals surface area contributed by atoms with Gasteiger partial charge in [0.25, 0.3) is 0 Å². The van der Waals surface area contributed by atoms with Crippen LogP contribution in [0.2, 0.25) is 0 Å². The third-order valence-electron chi connectivity index (χ3n) is 3.16. The van der Waals surface area contributed by atoms with Crippen molar-refractivity contribution >= 4 is 29.4 Å². The maximum atomic E-state index is 9.14. The molecule has 0 unspecified atom stereocenters. The van der Waals surface area contributed by atoms with Crippen molar-refractivity contribution in [2.45, 2.75) is 34.6 Å². The number of aromatic nitrogens is 2. The number of nitrogen functional groups attached to an aromatic ring is 1. The molecule has 1 aromatic carbocycles. The third-order valence-corrected chi connectivity index (χ3v) is 3.16. The summed E-state index contributed by atoms with van der Waals surface area (Å²) in [5.41, 5.74) is 9.87. The molecule has 0 spiro atoms. The lowest BCUT2D eigenvalue weighted by Crippen LogP contribution is -2.31. The Morgan fingerprint density at radius 2 is 1.83 bits per heavy atom. The Kier molecular flexibility index (Phi) is 6.94. The van der Waals surface area contributed by atoms with E-state index in [2.05, 4.69) is 20.9 Å². The van der Waals surface area contributed by atoms with Gasteiger partial charge in [0.05, 0.1) is 11.4 Å². The Balaban J connectivity index is 0.000000615. The Hall–Kier alpha value is -2.68. The first-order valence-corrected chi connectivity index (χ1v) is 7.86. The van der Waals surface area contributed by atoms with Crippen molar-refractivity contribution in [3.8, 4) is 17.2 Å². The molecule has 0 saturated carbocycles. The van der Waals surface area contributed by atoms with Crippen LogP contribution in [0.4, 0.5) is 11.6 Å². The van der Waals surface area contributed by atoms with Crippen LogP contribution in [0.5, 0.6) is 0 Å². The summed E-state index contributed by atoms with van der Waals surface area (Å²) < 4.78 is 0. The number of aliphatic imine (C=N–C) groups is 1. The quantitative estimate of drug-likeness (QED) is 0.819. The summed E-state index contributed by atoms with van der Waals surface area (Å²) in [7, 11) is 0. The largest absolute Gasteiger partial charge is 0.368 e. The number of nitrogens with zero attached hydrogens (tertiary/aromatic N) is 4. The molecule has 1 aliphatic rings. The lowest BCUT2D eigenvalue weighted by Gasteiger charge is -2.04. The van der Waals surface area contributed by atoms with Crippen LogP contribution >= 0.6 is 0 Å². The monoisotopic (exact) mass is 307 g/mol. The lowest BCUT2D eigenvalue weighted by atomic mass is 9.44. The van der Waals surface area contributed by atoms with Gasteiger partial charge >= 0.3 is 6.71 Å². The molecule has 0 aliphatic carbocycles. The van der Waals surface area contributed by atoms with Gasteiger partial charge in [-0.25, -0.2) is 15.2 Å². The van der Waals surface area contributed by atoms with Crippen LogP contribution < -0.4 is 11.2 Å². The van der Waals surface area contributed by atoms with Crippen LogP contribution in [-0.2, 0) is 0 Å². The Morgan fingerprint density at radius 1 is 1.13 bits per heavy atom. The summed E-state index contributed by atoms with van der Waals surface area (Å²) in [6.45, 7) is 9.63. The van der Waals surface area contributed by atoms with Gasteiger partial charge in [0, 0.05) is 23.3 Å². The van der Waals surface area contributed by atoms with Gasteiger partial charge in [-0.1, -0.05) is 39.8 Å². The molecule has 0 bridgehead atoms. The standard InChI is InChI=1S/C13H10BN5.2C2H6/c1-8-14(7-15)10-3-2-9(6-12(10)18-8)11-4-5-17-13(16)19-11;2*1-2/h2-6H,1H3,(H2,16,17,19);2*1-2H3. The highest BCUT2D eigenvalue weighted by atomic mass is 15.0. The second-order valence-corrected chi connectivity index (χ2v) is 4.39. The zero-order valence-corrected chi connectivity index (χ0v) is 14.3. The number of rotatable bonds is 1. The average Bonchev–Trinajstić information content (AvgIpc) is 2.92. The molecule has 0 radical (unpaired) electrons. The summed E-state index contributed by atoms with van der Waals surface area (Å²) in [5.74, 6) is 2.50. The number of benzene rings is 1. The first kappa shape index (κ1) is 18.4. The topological polar surface area (TPSA) is 87.9 Å². The number of fused-ring (bicyclic) bond motifs is 1. The molecule has 3 rings (SSSR count). The summed E-state index contributed by atoms with van der Waals surface area (Å²) in [4.78, 5) is 12.5. The highest BCUT2D eigenvalue weighted by Crippen LogP contribution is 2.25. The van der Waals surface area contributed by atoms with Crippen molar-refractivity contribution in [3.63, 3.8) is 0 Å². The van der Waals surface area contributed by atoms with Gasteiger partial charge in [-0.15, -0.1) is 0 Å². The van der Waals surface area contributed by atoms with Gasteiger partial charge in [-0.2, -0.15) is 0 Å². The normalized spacial score (nSPS) is 11.1. The van der Waals surface area contributed by atoms with Crippen molar-refractivity contribution in [3.05, 3.63) is 30.5 Å². The van der Waals surface area contributed by atoms with E-state index in [9.17, 15) is 0 Å². The average molecular weight is 307 g/mol. The zero-order chi connectivity index (χ0) is 17.4. The molecule has 0 saturated heterocycles. The summed E-state index contributed by atoms with van der Waals surface area (Å²) in [6.07, 6.45) is 1.62. The van der Waals surface area contributed by atoms with Gasteiger partial charge in [0.15, 0.2) is 0 Å². The van der Waals surface area contributed by atoms with Crippen LogP contribution in [0.15, 0.2) is 35.5 Å². The van der Waals surface area contributed by atoms with Gasteiger partial charge in [0.2, 0.25) is 5.95 Å². The smallest absolute Gasteiger partial charge is 0.349 e. The predicted octanol–water partition coefficient (Wildman–Crippen LogP) is 3.19. The molecule has 0 fully saturated rings. The fourth-order valence-electron chi connectivity index (χ4n) is 2.22. The number of nitriles is 1. The van der Waals surface area contributed by atoms with Crippen LogP contribution in [0.3, 0.4) is 0 Å². The van der Waals surface area contributed by atoms with E-state index in [-0.39, 0.29) is 12.7 Å². The van der Waals surface area contributed by atoms with Crippen molar-refractivity contribution in [2.24, 2.45) is 4.99 Å². The van der Waals surface area contributed by atoms with Gasteiger partial charge in [-0.05, 0) is 24.5 Å². The van der Waals surface area contributed by atoms with Crippen LogP contribution in [0.25, 0.3) is 11.3 Å². The van der Waals surface area contributed by atoms with Crippen molar-refractivity contribution in [1.29, 1.82) is 5.26 Å². The first-order chi connectivity index (χ1) is 11.2. The number of hydrogen-bond acceptors (Lipinski definition) is 5. The zero-order valence-electron chi connectivity index (χ0n) is 14.3. The molecule has 1 aliphatic heterocycles. The fourth-order valence-corrected chi connectivity index (χ4v) is 2.22. The minimum atomic E-state index is -0.237. The third kappa shape index (κ3) is 3.95. The minimum Gasteiger partial charge on any atom is -0.368 e. The molecule has 1 aromatic heterocycles. The molecule has 6 heteroatoms. The van der Waals surface area contributed by atoms with E-state index in [4.69, 9.17) is 11.0 Å². The molecule has 0 amide bonds. The van der Waals surface area contributed by atoms with Gasteiger partial charge in [-0.3, -0.25) is 4.99 Å². The highest BCUT2D eigenvalue weighted by molar-refractivity contribution is 7.07. The van der Waals surface area contributed by atoms with Crippen LogP contribution in [0, 0.1) is 11.2 Å². The predicted molar refractivity (Wildman–Crippen MR) is 98.3 cm³/mol. The minimum absolute atomic E-state index is 0.237. The van der Waals surface area contributed by atoms with Crippen molar-refractivity contribution in [2.75, 3.05) is 5.73 Å². The summed E-state index contributed by atoms with van der Waals surface area (Å²) in [6, 6.07) is 7.58. The Bertz CT molecular complexity index is 734.